The number of benzene rings is 2. The van der Waals surface area contributed by atoms with Crippen molar-refractivity contribution in [2.45, 2.75) is 40.2 Å². The lowest BCUT2D eigenvalue weighted by Crippen LogP contribution is -2.42. The van der Waals surface area contributed by atoms with Crippen LogP contribution in [0.25, 0.3) is 11.6 Å². The van der Waals surface area contributed by atoms with E-state index in [0.29, 0.717) is 0 Å². The Labute approximate surface area is 173 Å². The van der Waals surface area contributed by atoms with Gasteiger partial charge in [0.05, 0.1) is 5.54 Å². The number of nitrogens with zero attached hydrogens (tertiary/aromatic N) is 2. The summed E-state index contributed by atoms with van der Waals surface area (Å²) in [5.41, 5.74) is 7.12. The average Bonchev–Trinajstić information content (AvgIpc) is 2.66. The highest BCUT2D eigenvalue weighted by Crippen LogP contribution is 2.38. The van der Waals surface area contributed by atoms with Crippen LogP contribution in [0.15, 0.2) is 48.0 Å². The summed E-state index contributed by atoms with van der Waals surface area (Å²) in [5, 5.41) is 12.4. The number of rotatable bonds is 3. The number of hydrogen-bond acceptors (Lipinski definition) is 3. The first-order chi connectivity index (χ1) is 13.6. The Balaban J connectivity index is 1.91. The van der Waals surface area contributed by atoms with E-state index in [-0.39, 0.29) is 11.1 Å². The molecule has 0 atom stereocenters. The predicted molar refractivity (Wildman–Crippen MR) is 121 cm³/mol. The molecule has 0 bridgehead atoms. The SMILES string of the molecule is CC1=CC(C)(C)N(C)c2ccc(/C=C(\C#N)C(=O)Nc3ccc(C)cc3C)cc21. The van der Waals surface area contributed by atoms with Gasteiger partial charge in [-0.1, -0.05) is 29.8 Å². The van der Waals surface area contributed by atoms with Crippen LogP contribution in [-0.2, 0) is 4.79 Å². The van der Waals surface area contributed by atoms with Gasteiger partial charge in [0.25, 0.3) is 5.91 Å². The fourth-order valence-electron chi connectivity index (χ4n) is 3.73. The lowest BCUT2D eigenvalue weighted by atomic mass is 9.88. The van der Waals surface area contributed by atoms with Crippen molar-refractivity contribution < 1.29 is 4.79 Å². The van der Waals surface area contributed by atoms with Crippen molar-refractivity contribution in [2.75, 3.05) is 17.3 Å². The Kier molecular flexibility index (Phi) is 5.35. The lowest BCUT2D eigenvalue weighted by Gasteiger charge is -2.40. The van der Waals surface area contributed by atoms with Crippen molar-refractivity contribution >= 4 is 28.9 Å². The molecule has 0 radical (unpaired) electrons. The third-order valence-electron chi connectivity index (χ3n) is 5.55. The largest absolute Gasteiger partial charge is 0.366 e. The van der Waals surface area contributed by atoms with Crippen LogP contribution in [0.1, 0.15) is 43.0 Å². The summed E-state index contributed by atoms with van der Waals surface area (Å²) in [6.07, 6.45) is 3.88. The van der Waals surface area contributed by atoms with Gasteiger partial charge in [-0.2, -0.15) is 5.26 Å². The van der Waals surface area contributed by atoms with Gasteiger partial charge < -0.3 is 10.2 Å². The van der Waals surface area contributed by atoms with Crippen LogP contribution < -0.4 is 10.2 Å². The molecule has 1 aliphatic heterocycles. The molecule has 29 heavy (non-hydrogen) atoms. The lowest BCUT2D eigenvalue weighted by molar-refractivity contribution is -0.112. The second kappa shape index (κ2) is 7.60. The van der Waals surface area contributed by atoms with Gasteiger partial charge in [-0.05, 0) is 75.6 Å². The van der Waals surface area contributed by atoms with E-state index in [0.717, 1.165) is 33.6 Å². The number of likely N-dealkylation sites (N-methyl/N-ethyl adjacent to an activating group) is 1. The maximum Gasteiger partial charge on any atom is 0.266 e. The fourth-order valence-corrected chi connectivity index (χ4v) is 3.73. The van der Waals surface area contributed by atoms with Crippen LogP contribution in [0.3, 0.4) is 0 Å². The molecule has 2 aromatic carbocycles. The van der Waals surface area contributed by atoms with Gasteiger partial charge in [-0.3, -0.25) is 4.79 Å². The molecule has 0 saturated carbocycles. The zero-order chi connectivity index (χ0) is 21.3. The topological polar surface area (TPSA) is 56.1 Å². The van der Waals surface area contributed by atoms with Crippen LogP contribution in [0.5, 0.6) is 0 Å². The maximum absolute atomic E-state index is 12.7. The number of allylic oxidation sites excluding steroid dienone is 1. The van der Waals surface area contributed by atoms with Crippen molar-refractivity contribution in [3.05, 3.63) is 70.3 Å². The third kappa shape index (κ3) is 4.09. The van der Waals surface area contributed by atoms with Gasteiger partial charge in [0.1, 0.15) is 11.6 Å². The second-order valence-corrected chi connectivity index (χ2v) is 8.26. The van der Waals surface area contributed by atoms with Crippen molar-refractivity contribution in [2.24, 2.45) is 0 Å². The number of hydrogen-bond donors (Lipinski definition) is 1. The van der Waals surface area contributed by atoms with Crippen LogP contribution in [0.4, 0.5) is 11.4 Å². The predicted octanol–water partition coefficient (Wildman–Crippen LogP) is 5.48. The number of anilines is 2. The Bertz CT molecular complexity index is 1080. The molecule has 3 rings (SSSR count). The van der Waals surface area contributed by atoms with Gasteiger partial charge in [-0.25, -0.2) is 0 Å². The molecular weight excluding hydrogens is 358 g/mol. The third-order valence-corrected chi connectivity index (χ3v) is 5.55. The Morgan fingerprint density at radius 1 is 1.14 bits per heavy atom. The minimum absolute atomic E-state index is 0.0575. The molecular formula is C25H27N3O. The summed E-state index contributed by atoms with van der Waals surface area (Å²) >= 11 is 0. The van der Waals surface area contributed by atoms with Crippen molar-refractivity contribution in [1.82, 2.24) is 0 Å². The molecule has 4 nitrogen and oxygen atoms in total. The van der Waals surface area contributed by atoms with Crippen molar-refractivity contribution in [3.8, 4) is 6.07 Å². The van der Waals surface area contributed by atoms with Gasteiger partial charge in [0.2, 0.25) is 0 Å². The molecule has 4 heteroatoms. The summed E-state index contributed by atoms with van der Waals surface area (Å²) < 4.78 is 0. The number of aryl methyl sites for hydroxylation is 2. The molecule has 1 N–H and O–H groups in total. The average molecular weight is 386 g/mol. The van der Waals surface area contributed by atoms with E-state index < -0.39 is 5.91 Å². The number of nitriles is 1. The van der Waals surface area contributed by atoms with E-state index in [1.807, 2.05) is 50.2 Å². The smallest absolute Gasteiger partial charge is 0.266 e. The number of carbonyl (C=O) groups excluding carboxylic acids is 1. The molecule has 0 spiro atoms. The van der Waals surface area contributed by atoms with Crippen LogP contribution in [0.2, 0.25) is 0 Å². The summed E-state index contributed by atoms with van der Waals surface area (Å²) in [4.78, 5) is 14.9. The van der Waals surface area contributed by atoms with E-state index in [2.05, 4.69) is 50.2 Å². The van der Waals surface area contributed by atoms with Crippen molar-refractivity contribution in [1.29, 1.82) is 5.26 Å². The monoisotopic (exact) mass is 385 g/mol. The van der Waals surface area contributed by atoms with Gasteiger partial charge in [-0.15, -0.1) is 0 Å². The highest BCUT2D eigenvalue weighted by Gasteiger charge is 2.28. The molecule has 1 heterocycles. The number of amides is 1. The minimum Gasteiger partial charge on any atom is -0.366 e. The molecule has 0 fully saturated rings. The molecule has 1 aliphatic rings. The molecule has 1 amide bonds. The normalized spacial score (nSPS) is 15.3. The van der Waals surface area contributed by atoms with E-state index in [1.165, 1.54) is 5.57 Å². The molecule has 0 saturated heterocycles. The summed E-state index contributed by atoms with van der Waals surface area (Å²) in [7, 11) is 2.08. The first-order valence-corrected chi connectivity index (χ1v) is 9.70. The molecule has 2 aromatic rings. The maximum atomic E-state index is 12.7. The fraction of sp³-hybridized carbons (Fsp3) is 0.280. The molecule has 0 unspecified atom stereocenters. The van der Waals surface area contributed by atoms with E-state index in [9.17, 15) is 10.1 Å². The second-order valence-electron chi connectivity index (χ2n) is 8.26. The first-order valence-electron chi connectivity index (χ1n) is 9.70. The van der Waals surface area contributed by atoms with Crippen LogP contribution >= 0.6 is 0 Å². The number of carbonyl (C=O) groups is 1. The van der Waals surface area contributed by atoms with E-state index in [1.54, 1.807) is 6.08 Å². The minimum atomic E-state index is -0.400. The summed E-state index contributed by atoms with van der Waals surface area (Å²) in [6.45, 7) is 10.4. The molecule has 0 aromatic heterocycles. The first kappa shape index (κ1) is 20.4. The van der Waals surface area contributed by atoms with Gasteiger partial charge in [0.15, 0.2) is 0 Å². The van der Waals surface area contributed by atoms with Crippen LogP contribution in [-0.4, -0.2) is 18.5 Å². The molecule has 148 valence electrons. The van der Waals surface area contributed by atoms with Gasteiger partial charge >= 0.3 is 0 Å². The zero-order valence-corrected chi connectivity index (χ0v) is 17.9. The summed E-state index contributed by atoms with van der Waals surface area (Å²) in [6, 6.07) is 13.9. The number of fused-ring (bicyclic) bond motifs is 1. The molecule has 0 aliphatic carbocycles. The van der Waals surface area contributed by atoms with Crippen molar-refractivity contribution in [3.63, 3.8) is 0 Å². The van der Waals surface area contributed by atoms with E-state index in [4.69, 9.17) is 0 Å². The van der Waals surface area contributed by atoms with Gasteiger partial charge in [0, 0.05) is 24.0 Å². The Morgan fingerprint density at radius 2 is 1.86 bits per heavy atom. The Morgan fingerprint density at radius 3 is 2.52 bits per heavy atom. The Hall–Kier alpha value is -3.32. The number of nitrogens with one attached hydrogen (secondary N) is 1. The van der Waals surface area contributed by atoms with E-state index >= 15 is 0 Å². The summed E-state index contributed by atoms with van der Waals surface area (Å²) in [5.74, 6) is -0.400. The zero-order valence-electron chi connectivity index (χ0n) is 17.9. The quantitative estimate of drug-likeness (QED) is 0.562. The standard InChI is InChI=1S/C25H27N3O/c1-16-7-9-22(17(2)11-16)27-24(29)20(15-26)12-19-8-10-23-21(13-19)18(3)14-25(4,5)28(23)6/h7-14H,1-6H3,(H,27,29)/b20-12+. The van der Waals surface area contributed by atoms with Crippen LogP contribution in [0, 0.1) is 25.2 Å². The highest BCUT2D eigenvalue weighted by atomic mass is 16.1. The highest BCUT2D eigenvalue weighted by molar-refractivity contribution is 6.10.